The predicted molar refractivity (Wildman–Crippen MR) is 188 cm³/mol. The summed E-state index contributed by atoms with van der Waals surface area (Å²) in [6.45, 7) is 0. The Balaban J connectivity index is 1.36. The summed E-state index contributed by atoms with van der Waals surface area (Å²) in [5.41, 5.74) is 2.26. The van der Waals surface area contributed by atoms with E-state index in [4.69, 9.17) is 4.74 Å². The molecule has 0 aromatic heterocycles. The van der Waals surface area contributed by atoms with Gasteiger partial charge in [-0.1, -0.05) is 94.3 Å². The largest absolute Gasteiger partial charge is 0.504 e. The second-order valence-corrected chi connectivity index (χ2v) is 14.1. The number of phenols is 1. The number of hydrogen-bond donors (Lipinski definition) is 1. The minimum atomic E-state index is -1.37. The third kappa shape index (κ3) is 4.61. The van der Waals surface area contributed by atoms with Crippen LogP contribution in [0, 0.1) is 23.7 Å². The molecule has 7 nitrogen and oxygen atoms in total. The van der Waals surface area contributed by atoms with Crippen LogP contribution < -0.4 is 9.64 Å². The number of phenolic OH excluding ortho intramolecular Hbond substituents is 1. The van der Waals surface area contributed by atoms with Crippen LogP contribution in [-0.4, -0.2) is 35.6 Å². The van der Waals surface area contributed by atoms with Gasteiger partial charge in [-0.05, 0) is 77.9 Å². The molecule has 1 saturated carbocycles. The van der Waals surface area contributed by atoms with Crippen molar-refractivity contribution in [3.05, 3.63) is 142 Å². The molecule has 1 aliphatic heterocycles. The molecule has 0 spiro atoms. The summed E-state index contributed by atoms with van der Waals surface area (Å²) in [6, 6.07) is 30.7. The molecule has 0 unspecified atom stereocenters. The van der Waals surface area contributed by atoms with E-state index >= 15 is 4.79 Å². The highest BCUT2D eigenvalue weighted by atomic mass is 79.9. The number of allylic oxidation sites excluding steroid dienone is 4. The average Bonchev–Trinajstić information content (AvgIpc) is 3.38. The Bertz CT molecular complexity index is 2090. The van der Waals surface area contributed by atoms with Crippen molar-refractivity contribution >= 4 is 50.6 Å². The maximum Gasteiger partial charge on any atom is 0.238 e. The van der Waals surface area contributed by atoms with Crippen LogP contribution in [0.1, 0.15) is 35.4 Å². The van der Waals surface area contributed by atoms with Gasteiger partial charge in [0.2, 0.25) is 11.8 Å². The first-order valence-corrected chi connectivity index (χ1v) is 17.2. The molecule has 4 aliphatic rings. The molecule has 4 aromatic carbocycles. The maximum absolute atomic E-state index is 15.1. The number of carbonyl (C=O) groups excluding carboxylic acids is 4. The fraction of sp³-hybridized carbons (Fsp3) is 0.220. The number of amides is 2. The number of carbonyl (C=O) groups is 4. The minimum Gasteiger partial charge on any atom is -0.504 e. The highest BCUT2D eigenvalue weighted by Gasteiger charge is 2.66. The zero-order chi connectivity index (χ0) is 34.0. The molecule has 0 bridgehead atoms. The molecule has 2 fully saturated rings. The van der Waals surface area contributed by atoms with Gasteiger partial charge >= 0.3 is 0 Å². The minimum absolute atomic E-state index is 0.0974. The van der Waals surface area contributed by atoms with Crippen LogP contribution in [0.25, 0.3) is 5.57 Å². The monoisotopic (exact) mass is 713 g/mol. The van der Waals surface area contributed by atoms with Crippen molar-refractivity contribution in [1.82, 2.24) is 0 Å². The molecule has 8 rings (SSSR count). The number of nitrogens with zero attached hydrogens (tertiary/aromatic N) is 1. The zero-order valence-corrected chi connectivity index (χ0v) is 28.2. The van der Waals surface area contributed by atoms with E-state index in [0.717, 1.165) is 10.0 Å². The molecule has 49 heavy (non-hydrogen) atoms. The van der Waals surface area contributed by atoms with Crippen molar-refractivity contribution in [2.75, 3.05) is 12.0 Å². The van der Waals surface area contributed by atoms with E-state index in [0.29, 0.717) is 34.4 Å². The lowest BCUT2D eigenvalue weighted by molar-refractivity contribution is -0.135. The van der Waals surface area contributed by atoms with Gasteiger partial charge in [-0.2, -0.15) is 0 Å². The highest BCUT2D eigenvalue weighted by Crippen LogP contribution is 2.64. The normalized spacial score (nSPS) is 27.6. The Hall–Kier alpha value is -5.08. The van der Waals surface area contributed by atoms with Gasteiger partial charge in [-0.15, -0.1) is 0 Å². The molecule has 1 saturated heterocycles. The summed E-state index contributed by atoms with van der Waals surface area (Å²) in [4.78, 5) is 59.8. The third-order valence-electron chi connectivity index (χ3n) is 11.0. The molecule has 244 valence electrons. The summed E-state index contributed by atoms with van der Waals surface area (Å²) in [5.74, 6) is -4.17. The van der Waals surface area contributed by atoms with Crippen LogP contribution in [0.5, 0.6) is 11.5 Å². The van der Waals surface area contributed by atoms with E-state index in [9.17, 15) is 19.5 Å². The molecule has 1 heterocycles. The zero-order valence-electron chi connectivity index (χ0n) is 26.6. The van der Waals surface area contributed by atoms with Crippen LogP contribution in [0.4, 0.5) is 5.69 Å². The standard InChI is InChI=1S/C41H32BrNO6/c1-49-34-19-12-24(20-33(34)44)37-28-17-18-29-36(40(48)43(39(29)47)27-15-13-26(42)14-16-27)31(28)21-32-38(46)30(23-8-4-2-5-9-23)22-35(45)41(32,37)25-10-6-3-7-11-25/h2-17,19-20,22,29,31-32,36-37,44H,18,21H2,1H3/t29-,31+,32-,36-,37-,41-/m0/s1. The van der Waals surface area contributed by atoms with Crippen LogP contribution in [0.3, 0.4) is 0 Å². The fourth-order valence-electron chi connectivity index (χ4n) is 8.98. The van der Waals surface area contributed by atoms with E-state index < -0.39 is 35.0 Å². The van der Waals surface area contributed by atoms with Gasteiger partial charge in [0.05, 0.1) is 30.0 Å². The molecule has 3 aliphatic carbocycles. The van der Waals surface area contributed by atoms with Crippen molar-refractivity contribution in [2.45, 2.75) is 24.2 Å². The predicted octanol–water partition coefficient (Wildman–Crippen LogP) is 7.19. The molecule has 6 atom stereocenters. The van der Waals surface area contributed by atoms with Gasteiger partial charge < -0.3 is 9.84 Å². The summed E-state index contributed by atoms with van der Waals surface area (Å²) in [5, 5.41) is 11.1. The number of rotatable bonds is 5. The summed E-state index contributed by atoms with van der Waals surface area (Å²) < 4.78 is 6.20. The highest BCUT2D eigenvalue weighted by molar-refractivity contribution is 9.10. The molecule has 1 N–H and O–H groups in total. The number of ketones is 2. The Kier molecular flexibility index (Phi) is 7.52. The Morgan fingerprint density at radius 1 is 0.837 bits per heavy atom. The lowest BCUT2D eigenvalue weighted by atomic mass is 9.44. The first-order chi connectivity index (χ1) is 23.7. The van der Waals surface area contributed by atoms with Crippen LogP contribution in [0.2, 0.25) is 0 Å². The Labute approximate surface area is 292 Å². The van der Waals surface area contributed by atoms with Crippen LogP contribution in [-0.2, 0) is 24.6 Å². The molecule has 0 radical (unpaired) electrons. The summed E-state index contributed by atoms with van der Waals surface area (Å²) >= 11 is 3.44. The Morgan fingerprint density at radius 2 is 1.53 bits per heavy atom. The smallest absolute Gasteiger partial charge is 0.238 e. The van der Waals surface area contributed by atoms with Gasteiger partial charge in [0.15, 0.2) is 23.1 Å². The lowest BCUT2D eigenvalue weighted by Gasteiger charge is -2.55. The maximum atomic E-state index is 15.1. The number of ether oxygens (including phenoxy) is 1. The number of hydrogen-bond acceptors (Lipinski definition) is 6. The van der Waals surface area contributed by atoms with Gasteiger partial charge in [-0.3, -0.25) is 24.1 Å². The first-order valence-electron chi connectivity index (χ1n) is 16.4. The van der Waals surface area contributed by atoms with Gasteiger partial charge in [0, 0.05) is 21.9 Å². The average molecular weight is 715 g/mol. The lowest BCUT2D eigenvalue weighted by Crippen LogP contribution is -2.58. The van der Waals surface area contributed by atoms with E-state index in [-0.39, 0.29) is 41.3 Å². The Morgan fingerprint density at radius 3 is 2.20 bits per heavy atom. The van der Waals surface area contributed by atoms with Gasteiger partial charge in [0.1, 0.15) is 0 Å². The number of methoxy groups -OCH3 is 1. The first kappa shape index (κ1) is 31.2. The second kappa shape index (κ2) is 11.8. The molecule has 4 aromatic rings. The van der Waals surface area contributed by atoms with E-state index in [1.807, 2.05) is 72.8 Å². The van der Waals surface area contributed by atoms with Gasteiger partial charge in [0.25, 0.3) is 0 Å². The van der Waals surface area contributed by atoms with E-state index in [1.54, 1.807) is 36.4 Å². The van der Waals surface area contributed by atoms with Crippen molar-refractivity contribution in [3.63, 3.8) is 0 Å². The van der Waals surface area contributed by atoms with E-state index in [2.05, 4.69) is 15.9 Å². The van der Waals surface area contributed by atoms with Gasteiger partial charge in [-0.25, -0.2) is 0 Å². The van der Waals surface area contributed by atoms with Crippen LogP contribution >= 0.6 is 15.9 Å². The summed E-state index contributed by atoms with van der Waals surface area (Å²) in [6.07, 6.45) is 4.03. The van der Waals surface area contributed by atoms with Crippen LogP contribution in [0.15, 0.2) is 125 Å². The SMILES string of the molecule is COc1ccc([C@H]2C3=CC[C@@H]4C(=O)N(c5ccc(Br)cc5)C(=O)[C@@H]4[C@@H]3C[C@H]3C(=O)C(c4ccccc4)=CC(=O)[C@@]23c2ccccc2)cc1O. The number of anilines is 1. The number of fused-ring (bicyclic) bond motifs is 4. The quantitative estimate of drug-likeness (QED) is 0.174. The molecular formula is C41H32BrNO6. The molecule has 2 amide bonds. The van der Waals surface area contributed by atoms with Crippen molar-refractivity contribution in [3.8, 4) is 11.5 Å². The third-order valence-corrected chi connectivity index (χ3v) is 11.5. The number of imide groups is 1. The second-order valence-electron chi connectivity index (χ2n) is 13.2. The molecule has 8 heteroatoms. The number of benzene rings is 4. The number of halogens is 1. The molecular weight excluding hydrogens is 682 g/mol. The topological polar surface area (TPSA) is 101 Å². The van der Waals surface area contributed by atoms with Crippen molar-refractivity contribution in [2.24, 2.45) is 23.7 Å². The van der Waals surface area contributed by atoms with Crippen molar-refractivity contribution in [1.29, 1.82) is 0 Å². The fourth-order valence-corrected chi connectivity index (χ4v) is 9.24. The van der Waals surface area contributed by atoms with Crippen molar-refractivity contribution < 1.29 is 29.0 Å². The summed E-state index contributed by atoms with van der Waals surface area (Å²) in [7, 11) is 1.47. The number of aromatic hydroxyl groups is 1. The van der Waals surface area contributed by atoms with E-state index in [1.165, 1.54) is 18.1 Å². The number of Topliss-reactive ketones (excluding diaryl/α,β-unsaturated/α-hetero) is 1.